The third kappa shape index (κ3) is 5.88. The highest BCUT2D eigenvalue weighted by molar-refractivity contribution is 5.95. The van der Waals surface area contributed by atoms with E-state index in [2.05, 4.69) is 16.0 Å². The summed E-state index contributed by atoms with van der Waals surface area (Å²) < 4.78 is 13.0. The van der Waals surface area contributed by atoms with Gasteiger partial charge < -0.3 is 16.0 Å². The van der Waals surface area contributed by atoms with E-state index in [0.717, 1.165) is 0 Å². The minimum absolute atomic E-state index is 0.0605. The van der Waals surface area contributed by atoms with E-state index in [1.54, 1.807) is 24.3 Å². The second-order valence-corrected chi connectivity index (χ2v) is 7.29. The molecule has 0 aromatic heterocycles. The highest BCUT2D eigenvalue weighted by atomic mass is 19.1. The molecule has 2 aromatic carbocycles. The number of halogens is 1. The van der Waals surface area contributed by atoms with E-state index < -0.39 is 0 Å². The van der Waals surface area contributed by atoms with Gasteiger partial charge in [-0.3, -0.25) is 14.4 Å². The van der Waals surface area contributed by atoms with Crippen molar-refractivity contribution in [2.24, 2.45) is 11.8 Å². The molecule has 3 amide bonds. The van der Waals surface area contributed by atoms with Gasteiger partial charge in [0.1, 0.15) is 5.82 Å². The van der Waals surface area contributed by atoms with Crippen LogP contribution in [0.3, 0.4) is 0 Å². The van der Waals surface area contributed by atoms with Gasteiger partial charge in [0.15, 0.2) is 0 Å². The Morgan fingerprint density at radius 1 is 0.690 bits per heavy atom. The first kappa shape index (κ1) is 20.5. The lowest BCUT2D eigenvalue weighted by atomic mass is 9.81. The number of hydrogen-bond acceptors (Lipinski definition) is 3. The van der Waals surface area contributed by atoms with Crippen molar-refractivity contribution in [2.75, 3.05) is 16.0 Å². The quantitative estimate of drug-likeness (QED) is 0.708. The molecule has 1 aliphatic carbocycles. The highest BCUT2D eigenvalue weighted by Crippen LogP contribution is 2.30. The summed E-state index contributed by atoms with van der Waals surface area (Å²) in [5.41, 5.74) is 1.91. The summed E-state index contributed by atoms with van der Waals surface area (Å²) in [5.74, 6) is -0.944. The maximum Gasteiger partial charge on any atom is 0.227 e. The van der Waals surface area contributed by atoms with Crippen LogP contribution in [-0.2, 0) is 14.4 Å². The van der Waals surface area contributed by atoms with Crippen molar-refractivity contribution in [3.63, 3.8) is 0 Å². The molecule has 1 saturated carbocycles. The number of anilines is 3. The zero-order valence-corrected chi connectivity index (χ0v) is 16.2. The zero-order chi connectivity index (χ0) is 20.8. The predicted octanol–water partition coefficient (Wildman–Crippen LogP) is 4.17. The minimum Gasteiger partial charge on any atom is -0.326 e. The molecule has 3 N–H and O–H groups in total. The Balaban J connectivity index is 1.47. The van der Waals surface area contributed by atoms with Crippen LogP contribution in [0.25, 0.3) is 0 Å². The monoisotopic (exact) mass is 397 g/mol. The van der Waals surface area contributed by atoms with Crippen LogP contribution in [0.4, 0.5) is 21.5 Å². The molecule has 1 fully saturated rings. The van der Waals surface area contributed by atoms with Crippen molar-refractivity contribution < 1.29 is 18.8 Å². The van der Waals surface area contributed by atoms with Crippen molar-refractivity contribution in [1.82, 2.24) is 0 Å². The Kier molecular flexibility index (Phi) is 6.59. The molecule has 0 unspecified atom stereocenters. The Morgan fingerprint density at radius 2 is 1.03 bits per heavy atom. The maximum absolute atomic E-state index is 13.0. The van der Waals surface area contributed by atoms with E-state index in [9.17, 15) is 18.8 Å². The molecule has 0 heterocycles. The van der Waals surface area contributed by atoms with Gasteiger partial charge in [-0.1, -0.05) is 0 Å². The van der Waals surface area contributed by atoms with Gasteiger partial charge >= 0.3 is 0 Å². The van der Waals surface area contributed by atoms with E-state index in [-0.39, 0.29) is 35.4 Å². The zero-order valence-electron chi connectivity index (χ0n) is 16.2. The third-order valence-electron chi connectivity index (χ3n) is 5.05. The van der Waals surface area contributed by atoms with Crippen molar-refractivity contribution in [1.29, 1.82) is 0 Å². The van der Waals surface area contributed by atoms with E-state index in [1.165, 1.54) is 31.2 Å². The van der Waals surface area contributed by atoms with E-state index >= 15 is 0 Å². The largest absolute Gasteiger partial charge is 0.326 e. The van der Waals surface area contributed by atoms with Crippen LogP contribution in [-0.4, -0.2) is 17.7 Å². The molecule has 152 valence electrons. The fourth-order valence-electron chi connectivity index (χ4n) is 3.48. The maximum atomic E-state index is 13.0. The lowest BCUT2D eigenvalue weighted by Gasteiger charge is -2.27. The lowest BCUT2D eigenvalue weighted by molar-refractivity contribution is -0.125. The molecule has 3 rings (SSSR count). The summed E-state index contributed by atoms with van der Waals surface area (Å²) in [6, 6.07) is 12.6. The van der Waals surface area contributed by atoms with Gasteiger partial charge in [-0.25, -0.2) is 4.39 Å². The fraction of sp³-hybridized carbons (Fsp3) is 0.318. The second-order valence-electron chi connectivity index (χ2n) is 7.29. The standard InChI is InChI=1S/C22H24FN3O3/c1-14(27)24-18-10-12-20(13-11-18)26-22(29)16-4-2-15(3-5-16)21(28)25-19-8-6-17(23)7-9-19/h6-13,15-16H,2-5H2,1H3,(H,24,27)(H,25,28)(H,26,29). The number of carbonyl (C=O) groups is 3. The Labute approximate surface area is 168 Å². The van der Waals surface area contributed by atoms with Crippen molar-refractivity contribution in [3.8, 4) is 0 Å². The first-order valence-electron chi connectivity index (χ1n) is 9.65. The van der Waals surface area contributed by atoms with E-state index in [1.807, 2.05) is 0 Å². The van der Waals surface area contributed by atoms with Gasteiger partial charge in [0, 0.05) is 35.8 Å². The Hall–Kier alpha value is -3.22. The predicted molar refractivity (Wildman–Crippen MR) is 110 cm³/mol. The molecule has 29 heavy (non-hydrogen) atoms. The average Bonchev–Trinajstić information content (AvgIpc) is 2.71. The molecular weight excluding hydrogens is 373 g/mol. The van der Waals surface area contributed by atoms with Crippen molar-refractivity contribution >= 4 is 34.8 Å². The van der Waals surface area contributed by atoms with Gasteiger partial charge in [0.25, 0.3) is 0 Å². The molecule has 0 saturated heterocycles. The number of hydrogen-bond donors (Lipinski definition) is 3. The smallest absolute Gasteiger partial charge is 0.227 e. The third-order valence-corrected chi connectivity index (χ3v) is 5.05. The number of amides is 3. The summed E-state index contributed by atoms with van der Waals surface area (Å²) in [7, 11) is 0. The van der Waals surface area contributed by atoms with Crippen LogP contribution in [0, 0.1) is 17.7 Å². The molecular formula is C22H24FN3O3. The molecule has 0 spiro atoms. The highest BCUT2D eigenvalue weighted by Gasteiger charge is 2.30. The van der Waals surface area contributed by atoms with Gasteiger partial charge in [-0.15, -0.1) is 0 Å². The molecule has 6 nitrogen and oxygen atoms in total. The normalized spacial score (nSPS) is 18.6. The van der Waals surface area contributed by atoms with Crippen LogP contribution >= 0.6 is 0 Å². The average molecular weight is 397 g/mol. The van der Waals surface area contributed by atoms with Crippen LogP contribution in [0.15, 0.2) is 48.5 Å². The van der Waals surface area contributed by atoms with Gasteiger partial charge in [0.2, 0.25) is 17.7 Å². The number of rotatable bonds is 5. The second kappa shape index (κ2) is 9.32. The number of nitrogens with one attached hydrogen (secondary N) is 3. The summed E-state index contributed by atoms with van der Waals surface area (Å²) in [4.78, 5) is 36.0. The summed E-state index contributed by atoms with van der Waals surface area (Å²) in [6.07, 6.45) is 2.54. The topological polar surface area (TPSA) is 87.3 Å². The SMILES string of the molecule is CC(=O)Nc1ccc(NC(=O)C2CCC(C(=O)Nc3ccc(F)cc3)CC2)cc1. The van der Waals surface area contributed by atoms with Crippen LogP contribution in [0.5, 0.6) is 0 Å². The van der Waals surface area contributed by atoms with E-state index in [4.69, 9.17) is 0 Å². The first-order chi connectivity index (χ1) is 13.9. The molecule has 0 atom stereocenters. The molecule has 1 aliphatic rings. The first-order valence-corrected chi connectivity index (χ1v) is 9.65. The molecule has 7 heteroatoms. The van der Waals surface area contributed by atoms with Crippen LogP contribution < -0.4 is 16.0 Å². The van der Waals surface area contributed by atoms with Gasteiger partial charge in [-0.05, 0) is 74.2 Å². The van der Waals surface area contributed by atoms with Crippen LogP contribution in [0.1, 0.15) is 32.6 Å². The van der Waals surface area contributed by atoms with Gasteiger partial charge in [0.05, 0.1) is 0 Å². The summed E-state index contributed by atoms with van der Waals surface area (Å²) in [5, 5.41) is 8.38. The minimum atomic E-state index is -0.348. The lowest BCUT2D eigenvalue weighted by Crippen LogP contribution is -2.32. The van der Waals surface area contributed by atoms with Crippen molar-refractivity contribution in [3.05, 3.63) is 54.3 Å². The van der Waals surface area contributed by atoms with Gasteiger partial charge in [-0.2, -0.15) is 0 Å². The molecule has 0 aliphatic heterocycles. The summed E-state index contributed by atoms with van der Waals surface area (Å²) >= 11 is 0. The Bertz CT molecular complexity index is 873. The molecule has 0 radical (unpaired) electrons. The van der Waals surface area contributed by atoms with Crippen LogP contribution in [0.2, 0.25) is 0 Å². The summed E-state index contributed by atoms with van der Waals surface area (Å²) in [6.45, 7) is 1.44. The number of benzene rings is 2. The van der Waals surface area contributed by atoms with Crippen molar-refractivity contribution in [2.45, 2.75) is 32.6 Å². The number of carbonyl (C=O) groups excluding carboxylic acids is 3. The molecule has 2 aromatic rings. The van der Waals surface area contributed by atoms with E-state index in [0.29, 0.717) is 42.7 Å². The Morgan fingerprint density at radius 3 is 1.41 bits per heavy atom. The fourth-order valence-corrected chi connectivity index (χ4v) is 3.48. The molecule has 0 bridgehead atoms.